The largest absolute Gasteiger partial charge is 0.490 e. The summed E-state index contributed by atoms with van der Waals surface area (Å²) in [6, 6.07) is 12.0. The molecule has 0 amide bonds. The summed E-state index contributed by atoms with van der Waals surface area (Å²) in [6.45, 7) is 4.40. The van der Waals surface area contributed by atoms with E-state index in [9.17, 15) is 9.50 Å². The summed E-state index contributed by atoms with van der Waals surface area (Å²) in [5.74, 6) is 1.23. The molecule has 0 spiro atoms. The minimum Gasteiger partial charge on any atom is -0.490 e. The number of benzene rings is 2. The lowest BCUT2D eigenvalue weighted by atomic mass is 10.1. The van der Waals surface area contributed by atoms with Gasteiger partial charge in [0.05, 0.1) is 6.04 Å². The molecule has 29 heavy (non-hydrogen) atoms. The zero-order chi connectivity index (χ0) is 20.1. The standard InChI is InChI=1S/C22H26FN3O2.ClH/c1-15-6-4-7-16(2)21(15)28-14-19(27)13-25-20(22-24-10-11-26(22)3)17-8-5-9-18(23)12-17;/h4-12,19-20,25,27H,13-14H2,1-3H3;1H. The normalized spacial score (nSPS) is 12.9. The number of para-hydroxylation sites is 1. The fraction of sp³-hybridized carbons (Fsp3) is 0.318. The van der Waals surface area contributed by atoms with Crippen LogP contribution in [-0.2, 0) is 7.05 Å². The molecule has 2 aromatic carbocycles. The molecule has 0 aliphatic rings. The maximum atomic E-state index is 13.7. The summed E-state index contributed by atoms with van der Waals surface area (Å²) in [7, 11) is 1.89. The molecular formula is C22H27ClFN3O2. The van der Waals surface area contributed by atoms with E-state index in [-0.39, 0.29) is 37.4 Å². The van der Waals surface area contributed by atoms with Crippen LogP contribution in [0.4, 0.5) is 4.39 Å². The Morgan fingerprint density at radius 2 is 1.86 bits per heavy atom. The van der Waals surface area contributed by atoms with Gasteiger partial charge >= 0.3 is 0 Å². The number of aromatic nitrogens is 2. The summed E-state index contributed by atoms with van der Waals surface area (Å²) in [5.41, 5.74) is 2.81. The van der Waals surface area contributed by atoms with Crippen LogP contribution in [0.1, 0.15) is 28.6 Å². The molecule has 3 aromatic rings. The molecule has 1 heterocycles. The molecule has 0 aliphatic heterocycles. The van der Waals surface area contributed by atoms with E-state index in [0.29, 0.717) is 0 Å². The number of aliphatic hydroxyl groups is 1. The Morgan fingerprint density at radius 1 is 1.17 bits per heavy atom. The number of nitrogens with zero attached hydrogens (tertiary/aromatic N) is 2. The van der Waals surface area contributed by atoms with Crippen LogP contribution in [0.25, 0.3) is 0 Å². The molecular weight excluding hydrogens is 393 g/mol. The Balaban J connectivity index is 0.00000300. The van der Waals surface area contributed by atoms with E-state index in [0.717, 1.165) is 28.3 Å². The summed E-state index contributed by atoms with van der Waals surface area (Å²) in [6.07, 6.45) is 2.81. The van der Waals surface area contributed by atoms with E-state index in [1.54, 1.807) is 12.3 Å². The fourth-order valence-corrected chi connectivity index (χ4v) is 3.22. The van der Waals surface area contributed by atoms with Crippen molar-refractivity contribution in [1.82, 2.24) is 14.9 Å². The van der Waals surface area contributed by atoms with E-state index < -0.39 is 6.10 Å². The second-order valence-electron chi connectivity index (χ2n) is 6.98. The number of aryl methyl sites for hydroxylation is 3. The van der Waals surface area contributed by atoms with E-state index in [4.69, 9.17) is 4.74 Å². The van der Waals surface area contributed by atoms with Gasteiger partial charge in [-0.2, -0.15) is 0 Å². The van der Waals surface area contributed by atoms with E-state index in [1.165, 1.54) is 12.1 Å². The van der Waals surface area contributed by atoms with Crippen LogP contribution in [0, 0.1) is 19.7 Å². The molecule has 7 heteroatoms. The average Bonchev–Trinajstić information content (AvgIpc) is 3.07. The highest BCUT2D eigenvalue weighted by Gasteiger charge is 2.20. The van der Waals surface area contributed by atoms with Gasteiger partial charge in [0, 0.05) is 26.0 Å². The van der Waals surface area contributed by atoms with Gasteiger partial charge in [0.1, 0.15) is 30.1 Å². The Hall–Kier alpha value is -2.41. The van der Waals surface area contributed by atoms with Crippen molar-refractivity contribution in [3.8, 4) is 5.75 Å². The quantitative estimate of drug-likeness (QED) is 0.584. The zero-order valence-corrected chi connectivity index (χ0v) is 17.6. The third kappa shape index (κ3) is 5.79. The molecule has 3 rings (SSSR count). The Bertz CT molecular complexity index is 912. The first-order valence-corrected chi connectivity index (χ1v) is 9.29. The molecule has 0 bridgehead atoms. The van der Waals surface area contributed by atoms with Crippen molar-refractivity contribution in [2.45, 2.75) is 26.0 Å². The predicted octanol–water partition coefficient (Wildman–Crippen LogP) is 3.72. The van der Waals surface area contributed by atoms with Crippen molar-refractivity contribution in [2.24, 2.45) is 7.05 Å². The number of hydrogen-bond acceptors (Lipinski definition) is 4. The lowest BCUT2D eigenvalue weighted by Gasteiger charge is -2.22. The molecule has 0 aliphatic carbocycles. The van der Waals surface area contributed by atoms with Crippen LogP contribution in [-0.4, -0.2) is 33.9 Å². The predicted molar refractivity (Wildman–Crippen MR) is 114 cm³/mol. The minimum absolute atomic E-state index is 0. The van der Waals surface area contributed by atoms with E-state index >= 15 is 0 Å². The molecule has 1 aromatic heterocycles. The summed E-state index contributed by atoms with van der Waals surface area (Å²) >= 11 is 0. The van der Waals surface area contributed by atoms with Crippen molar-refractivity contribution in [2.75, 3.05) is 13.2 Å². The van der Waals surface area contributed by atoms with Crippen molar-refractivity contribution in [3.63, 3.8) is 0 Å². The van der Waals surface area contributed by atoms with Crippen LogP contribution in [0.15, 0.2) is 54.9 Å². The maximum Gasteiger partial charge on any atom is 0.130 e. The molecule has 0 saturated heterocycles. The van der Waals surface area contributed by atoms with Crippen molar-refractivity contribution >= 4 is 12.4 Å². The number of rotatable bonds is 8. The second-order valence-corrected chi connectivity index (χ2v) is 6.98. The molecule has 0 fully saturated rings. The number of hydrogen-bond donors (Lipinski definition) is 2. The topological polar surface area (TPSA) is 59.3 Å². The van der Waals surface area contributed by atoms with Gasteiger partial charge in [-0.05, 0) is 42.7 Å². The van der Waals surface area contributed by atoms with Gasteiger partial charge in [-0.1, -0.05) is 30.3 Å². The number of imidazole rings is 1. The van der Waals surface area contributed by atoms with Crippen LogP contribution >= 0.6 is 12.4 Å². The summed E-state index contributed by atoms with van der Waals surface area (Å²) in [5, 5.41) is 13.7. The Labute approximate surface area is 177 Å². The average molecular weight is 420 g/mol. The van der Waals surface area contributed by atoms with Gasteiger partial charge in [0.2, 0.25) is 0 Å². The smallest absolute Gasteiger partial charge is 0.130 e. The second kappa shape index (κ2) is 10.4. The van der Waals surface area contributed by atoms with Crippen LogP contribution in [0.5, 0.6) is 5.75 Å². The van der Waals surface area contributed by atoms with Gasteiger partial charge in [-0.3, -0.25) is 0 Å². The summed E-state index contributed by atoms with van der Waals surface area (Å²) in [4.78, 5) is 4.38. The number of aliphatic hydroxyl groups excluding tert-OH is 1. The van der Waals surface area contributed by atoms with Gasteiger partial charge < -0.3 is 19.7 Å². The first-order chi connectivity index (χ1) is 13.5. The van der Waals surface area contributed by atoms with Crippen molar-refractivity contribution in [1.29, 1.82) is 0 Å². The van der Waals surface area contributed by atoms with Gasteiger partial charge in [0.25, 0.3) is 0 Å². The fourth-order valence-electron chi connectivity index (χ4n) is 3.22. The first kappa shape index (κ1) is 22.9. The molecule has 0 radical (unpaired) electrons. The van der Waals surface area contributed by atoms with Crippen LogP contribution in [0.2, 0.25) is 0 Å². The monoisotopic (exact) mass is 419 g/mol. The van der Waals surface area contributed by atoms with Crippen molar-refractivity contribution < 1.29 is 14.2 Å². The highest BCUT2D eigenvalue weighted by Crippen LogP contribution is 2.23. The zero-order valence-electron chi connectivity index (χ0n) is 16.8. The molecule has 2 unspecified atom stereocenters. The lowest BCUT2D eigenvalue weighted by molar-refractivity contribution is 0.104. The lowest BCUT2D eigenvalue weighted by Crippen LogP contribution is -2.35. The Kier molecular flexibility index (Phi) is 8.20. The highest BCUT2D eigenvalue weighted by molar-refractivity contribution is 5.85. The molecule has 2 N–H and O–H groups in total. The van der Waals surface area contributed by atoms with Gasteiger partial charge in [0.15, 0.2) is 0 Å². The molecule has 2 atom stereocenters. The first-order valence-electron chi connectivity index (χ1n) is 9.29. The van der Waals surface area contributed by atoms with E-state index in [2.05, 4.69) is 10.3 Å². The van der Waals surface area contributed by atoms with Crippen LogP contribution < -0.4 is 10.1 Å². The maximum absolute atomic E-state index is 13.7. The SMILES string of the molecule is Cc1cccc(C)c1OCC(O)CNC(c1cccc(F)c1)c1nccn1C.Cl. The number of halogens is 2. The summed E-state index contributed by atoms with van der Waals surface area (Å²) < 4.78 is 21.4. The minimum atomic E-state index is -0.727. The third-order valence-electron chi connectivity index (χ3n) is 4.69. The highest BCUT2D eigenvalue weighted by atomic mass is 35.5. The Morgan fingerprint density at radius 3 is 2.48 bits per heavy atom. The number of ether oxygens (including phenoxy) is 1. The van der Waals surface area contributed by atoms with Crippen molar-refractivity contribution in [3.05, 3.63) is 83.2 Å². The van der Waals surface area contributed by atoms with Crippen LogP contribution in [0.3, 0.4) is 0 Å². The van der Waals surface area contributed by atoms with Gasteiger partial charge in [-0.25, -0.2) is 9.37 Å². The third-order valence-corrected chi connectivity index (χ3v) is 4.69. The van der Waals surface area contributed by atoms with E-state index in [1.807, 2.05) is 55.9 Å². The number of nitrogens with one attached hydrogen (secondary N) is 1. The van der Waals surface area contributed by atoms with Gasteiger partial charge in [-0.15, -0.1) is 12.4 Å². The molecule has 5 nitrogen and oxygen atoms in total. The molecule has 0 saturated carbocycles. The molecule has 156 valence electrons.